The van der Waals surface area contributed by atoms with E-state index in [4.69, 9.17) is 4.42 Å². The lowest BCUT2D eigenvalue weighted by atomic mass is 9.95. The zero-order valence-electron chi connectivity index (χ0n) is 11.0. The van der Waals surface area contributed by atoms with Crippen LogP contribution in [0.1, 0.15) is 48.2 Å². The van der Waals surface area contributed by atoms with E-state index in [0.717, 1.165) is 24.8 Å². The summed E-state index contributed by atoms with van der Waals surface area (Å²) >= 11 is 0. The van der Waals surface area contributed by atoms with E-state index in [1.165, 1.54) is 6.26 Å². The van der Waals surface area contributed by atoms with Crippen molar-refractivity contribution < 1.29 is 19.1 Å². The molecule has 0 bridgehead atoms. The molecule has 5 heteroatoms. The number of carboxylic acids is 1. The maximum atomic E-state index is 12.1. The van der Waals surface area contributed by atoms with Gasteiger partial charge >= 0.3 is 5.97 Å². The van der Waals surface area contributed by atoms with Crippen molar-refractivity contribution in [2.24, 2.45) is 5.92 Å². The van der Waals surface area contributed by atoms with Gasteiger partial charge < -0.3 is 14.8 Å². The normalized spacial score (nSPS) is 23.6. The number of hydrogen-bond donors (Lipinski definition) is 2. The molecule has 1 fully saturated rings. The largest absolute Gasteiger partial charge is 0.481 e. The van der Waals surface area contributed by atoms with E-state index in [0.29, 0.717) is 12.8 Å². The van der Waals surface area contributed by atoms with Crippen molar-refractivity contribution in [3.05, 3.63) is 23.7 Å². The van der Waals surface area contributed by atoms with Gasteiger partial charge in [0, 0.05) is 11.6 Å². The van der Waals surface area contributed by atoms with Crippen LogP contribution in [0.5, 0.6) is 0 Å². The highest BCUT2D eigenvalue weighted by atomic mass is 16.4. The molecule has 2 rings (SSSR count). The lowest BCUT2D eigenvalue weighted by Gasteiger charge is -2.22. The number of carbonyl (C=O) groups excluding carboxylic acids is 1. The van der Waals surface area contributed by atoms with E-state index in [1.54, 1.807) is 13.0 Å². The summed E-state index contributed by atoms with van der Waals surface area (Å²) in [5.74, 6) is -1.38. The Morgan fingerprint density at radius 3 is 2.68 bits per heavy atom. The standard InChI is InChI=1S/C14H19NO4/c1-9-7-8-19-12(9)13(16)15-11-6-4-2-3-5-10(11)14(17)18/h7-8,10-11H,2-6H2,1H3,(H,15,16)(H,17,18)/t10-,11+/m1/s1. The highest BCUT2D eigenvalue weighted by Gasteiger charge is 2.31. The van der Waals surface area contributed by atoms with E-state index >= 15 is 0 Å². The smallest absolute Gasteiger partial charge is 0.308 e. The average molecular weight is 265 g/mol. The second kappa shape index (κ2) is 5.91. The highest BCUT2D eigenvalue weighted by molar-refractivity contribution is 5.93. The first kappa shape index (κ1) is 13.6. The van der Waals surface area contributed by atoms with Crippen molar-refractivity contribution in [1.82, 2.24) is 5.32 Å². The second-order valence-electron chi connectivity index (χ2n) is 5.10. The molecule has 2 atom stereocenters. The molecule has 5 nitrogen and oxygen atoms in total. The molecule has 1 aliphatic carbocycles. The van der Waals surface area contributed by atoms with Crippen LogP contribution < -0.4 is 5.32 Å². The molecule has 1 heterocycles. The molecule has 0 radical (unpaired) electrons. The summed E-state index contributed by atoms with van der Waals surface area (Å²) in [7, 11) is 0. The Bertz CT molecular complexity index is 466. The Morgan fingerprint density at radius 1 is 1.32 bits per heavy atom. The first-order valence-corrected chi connectivity index (χ1v) is 6.67. The first-order valence-electron chi connectivity index (χ1n) is 6.67. The Labute approximate surface area is 112 Å². The third kappa shape index (κ3) is 3.16. The van der Waals surface area contributed by atoms with E-state index < -0.39 is 11.9 Å². The van der Waals surface area contributed by atoms with Crippen molar-refractivity contribution in [3.8, 4) is 0 Å². The van der Waals surface area contributed by atoms with Gasteiger partial charge in [0.05, 0.1) is 12.2 Å². The number of nitrogens with one attached hydrogen (secondary N) is 1. The van der Waals surface area contributed by atoms with Gasteiger partial charge in [0.1, 0.15) is 0 Å². The Hall–Kier alpha value is -1.78. The van der Waals surface area contributed by atoms with Crippen LogP contribution >= 0.6 is 0 Å². The van der Waals surface area contributed by atoms with Crippen molar-refractivity contribution >= 4 is 11.9 Å². The minimum Gasteiger partial charge on any atom is -0.481 e. The fraction of sp³-hybridized carbons (Fsp3) is 0.571. The van der Waals surface area contributed by atoms with Gasteiger partial charge in [0.2, 0.25) is 0 Å². The molecular weight excluding hydrogens is 246 g/mol. The van der Waals surface area contributed by atoms with Gasteiger partial charge in [-0.3, -0.25) is 9.59 Å². The number of aliphatic carboxylic acids is 1. The number of rotatable bonds is 3. The average Bonchev–Trinajstić information content (AvgIpc) is 2.65. The number of amides is 1. The van der Waals surface area contributed by atoms with E-state index in [9.17, 15) is 14.7 Å². The topological polar surface area (TPSA) is 79.5 Å². The second-order valence-corrected chi connectivity index (χ2v) is 5.10. The van der Waals surface area contributed by atoms with Gasteiger partial charge in [-0.1, -0.05) is 19.3 Å². The summed E-state index contributed by atoms with van der Waals surface area (Å²) in [4.78, 5) is 23.4. The van der Waals surface area contributed by atoms with Crippen LogP contribution in [-0.2, 0) is 4.79 Å². The summed E-state index contributed by atoms with van der Waals surface area (Å²) < 4.78 is 5.14. The molecule has 0 aromatic carbocycles. The molecule has 104 valence electrons. The molecule has 0 unspecified atom stereocenters. The highest BCUT2D eigenvalue weighted by Crippen LogP contribution is 2.24. The van der Waals surface area contributed by atoms with Gasteiger partial charge in [-0.25, -0.2) is 0 Å². The van der Waals surface area contributed by atoms with Crippen molar-refractivity contribution in [2.75, 3.05) is 0 Å². The zero-order valence-corrected chi connectivity index (χ0v) is 11.0. The summed E-state index contributed by atoms with van der Waals surface area (Å²) in [6.45, 7) is 1.79. The summed E-state index contributed by atoms with van der Waals surface area (Å²) in [5, 5.41) is 12.1. The zero-order chi connectivity index (χ0) is 13.8. The predicted molar refractivity (Wildman–Crippen MR) is 68.9 cm³/mol. The van der Waals surface area contributed by atoms with E-state index in [1.807, 2.05) is 0 Å². The van der Waals surface area contributed by atoms with Gasteiger partial charge in [-0.2, -0.15) is 0 Å². The Morgan fingerprint density at radius 2 is 2.05 bits per heavy atom. The lowest BCUT2D eigenvalue weighted by Crippen LogP contribution is -2.42. The molecular formula is C14H19NO4. The predicted octanol–water partition coefficient (Wildman–Crippen LogP) is 2.35. The van der Waals surface area contributed by atoms with Crippen LogP contribution in [0, 0.1) is 12.8 Å². The van der Waals surface area contributed by atoms with Crippen molar-refractivity contribution in [2.45, 2.75) is 45.1 Å². The third-order valence-corrected chi connectivity index (χ3v) is 3.72. The minimum absolute atomic E-state index is 0.272. The van der Waals surface area contributed by atoms with Crippen LogP contribution in [0.2, 0.25) is 0 Å². The first-order chi connectivity index (χ1) is 9.09. The Kier molecular flexibility index (Phi) is 4.24. The molecule has 1 aliphatic rings. The number of carboxylic acid groups (broad SMARTS) is 1. The van der Waals surface area contributed by atoms with Crippen LogP contribution in [0.25, 0.3) is 0 Å². The fourth-order valence-electron chi connectivity index (χ4n) is 2.62. The molecule has 1 amide bonds. The van der Waals surface area contributed by atoms with Gasteiger partial charge in [-0.05, 0) is 25.8 Å². The maximum Gasteiger partial charge on any atom is 0.308 e. The number of furan rings is 1. The third-order valence-electron chi connectivity index (χ3n) is 3.72. The number of aryl methyl sites for hydroxylation is 1. The number of hydrogen-bond acceptors (Lipinski definition) is 3. The lowest BCUT2D eigenvalue weighted by molar-refractivity contribution is -0.142. The fourth-order valence-corrected chi connectivity index (χ4v) is 2.62. The van der Waals surface area contributed by atoms with Gasteiger partial charge in [-0.15, -0.1) is 0 Å². The molecule has 0 aliphatic heterocycles. The summed E-state index contributed by atoms with van der Waals surface area (Å²) in [6.07, 6.45) is 5.68. The van der Waals surface area contributed by atoms with E-state index in [-0.39, 0.29) is 17.7 Å². The maximum absolute atomic E-state index is 12.1. The molecule has 1 saturated carbocycles. The molecule has 1 aromatic rings. The Balaban J connectivity index is 2.08. The summed E-state index contributed by atoms with van der Waals surface area (Å²) in [5.41, 5.74) is 0.762. The SMILES string of the molecule is Cc1ccoc1C(=O)N[C@H]1CCCCC[C@H]1C(=O)O. The van der Waals surface area contributed by atoms with Crippen LogP contribution in [0.15, 0.2) is 16.7 Å². The monoisotopic (exact) mass is 265 g/mol. The van der Waals surface area contributed by atoms with Gasteiger partial charge in [0.15, 0.2) is 5.76 Å². The quantitative estimate of drug-likeness (QED) is 0.822. The number of carbonyl (C=O) groups is 2. The molecule has 0 saturated heterocycles. The molecule has 2 N–H and O–H groups in total. The minimum atomic E-state index is -0.830. The van der Waals surface area contributed by atoms with Crippen LogP contribution in [0.4, 0.5) is 0 Å². The van der Waals surface area contributed by atoms with Crippen molar-refractivity contribution in [1.29, 1.82) is 0 Å². The van der Waals surface area contributed by atoms with Crippen molar-refractivity contribution in [3.63, 3.8) is 0 Å². The van der Waals surface area contributed by atoms with Crippen LogP contribution in [-0.4, -0.2) is 23.0 Å². The van der Waals surface area contributed by atoms with Crippen LogP contribution in [0.3, 0.4) is 0 Å². The summed E-state index contributed by atoms with van der Waals surface area (Å²) in [6, 6.07) is 1.41. The molecule has 19 heavy (non-hydrogen) atoms. The van der Waals surface area contributed by atoms with Gasteiger partial charge in [0.25, 0.3) is 5.91 Å². The molecule has 1 aromatic heterocycles. The molecule has 0 spiro atoms. The van der Waals surface area contributed by atoms with E-state index in [2.05, 4.69) is 5.32 Å².